The molecule has 0 fully saturated rings. The number of rotatable bonds is 3. The van der Waals surface area contributed by atoms with E-state index in [0.717, 1.165) is 9.13 Å². The maximum absolute atomic E-state index is 11.9. The molecule has 0 aliphatic rings. The Labute approximate surface area is 112 Å². The highest BCUT2D eigenvalue weighted by atomic mass is 127. The lowest BCUT2D eigenvalue weighted by molar-refractivity contribution is 0.0797. The van der Waals surface area contributed by atoms with Crippen molar-refractivity contribution in [1.29, 1.82) is 0 Å². The van der Waals surface area contributed by atoms with E-state index in [9.17, 15) is 4.79 Å². The third-order valence-corrected chi connectivity index (χ3v) is 2.97. The number of hydrogen-bond acceptors (Lipinski definition) is 1. The van der Waals surface area contributed by atoms with Gasteiger partial charge in [-0.05, 0) is 46.9 Å². The van der Waals surface area contributed by atoms with Crippen LogP contribution in [-0.2, 0) is 0 Å². The van der Waals surface area contributed by atoms with E-state index in [0.29, 0.717) is 11.4 Å². The van der Waals surface area contributed by atoms with Gasteiger partial charge in [-0.1, -0.05) is 22.9 Å². The summed E-state index contributed by atoms with van der Waals surface area (Å²) in [5.41, 5.74) is 0.742. The number of nitrogens with zero attached hydrogens (tertiary/aromatic N) is 1. The van der Waals surface area contributed by atoms with Crippen molar-refractivity contribution < 1.29 is 4.79 Å². The average Bonchev–Trinajstić information content (AvgIpc) is 2.17. The highest BCUT2D eigenvalue weighted by Gasteiger charge is 2.12. The lowest BCUT2D eigenvalue weighted by atomic mass is 10.2. The summed E-state index contributed by atoms with van der Waals surface area (Å²) >= 11 is 5.66. The van der Waals surface area contributed by atoms with E-state index < -0.39 is 0 Å². The molecule has 1 rings (SSSR count). The van der Waals surface area contributed by atoms with Gasteiger partial charge >= 0.3 is 0 Å². The van der Waals surface area contributed by atoms with E-state index in [1.54, 1.807) is 4.90 Å². The molecule has 1 atom stereocenters. The van der Waals surface area contributed by atoms with E-state index >= 15 is 0 Å². The second-order valence-electron chi connectivity index (χ2n) is 3.47. The van der Waals surface area contributed by atoms with E-state index in [-0.39, 0.29) is 5.91 Å². The van der Waals surface area contributed by atoms with Gasteiger partial charge in [0, 0.05) is 27.6 Å². The van der Waals surface area contributed by atoms with Crippen LogP contribution in [0.1, 0.15) is 17.3 Å². The zero-order chi connectivity index (χ0) is 11.4. The SMILES string of the molecule is CC(Br)CN(C)C(=O)c1ccc(I)cc1. The van der Waals surface area contributed by atoms with Crippen LogP contribution in [0, 0.1) is 3.57 Å². The number of alkyl halides is 1. The fraction of sp³-hybridized carbons (Fsp3) is 0.364. The Morgan fingerprint density at radius 2 is 2.00 bits per heavy atom. The van der Waals surface area contributed by atoms with Gasteiger partial charge in [-0.3, -0.25) is 4.79 Å². The van der Waals surface area contributed by atoms with Crippen molar-refractivity contribution in [3.05, 3.63) is 33.4 Å². The van der Waals surface area contributed by atoms with E-state index in [1.165, 1.54) is 0 Å². The average molecular weight is 382 g/mol. The molecular formula is C11H13BrINO. The Hall–Kier alpha value is -0.100. The zero-order valence-corrected chi connectivity index (χ0v) is 12.4. The van der Waals surface area contributed by atoms with Crippen LogP contribution in [-0.4, -0.2) is 29.2 Å². The molecule has 0 aliphatic carbocycles. The van der Waals surface area contributed by atoms with Gasteiger partial charge in [0.25, 0.3) is 5.91 Å². The normalized spacial score (nSPS) is 12.3. The van der Waals surface area contributed by atoms with Crippen LogP contribution in [0.25, 0.3) is 0 Å². The molecule has 82 valence electrons. The highest BCUT2D eigenvalue weighted by Crippen LogP contribution is 2.10. The van der Waals surface area contributed by atoms with Crippen molar-refractivity contribution >= 4 is 44.4 Å². The summed E-state index contributed by atoms with van der Waals surface area (Å²) in [5, 5.41) is 0. The van der Waals surface area contributed by atoms with Gasteiger partial charge in [-0.25, -0.2) is 0 Å². The fourth-order valence-electron chi connectivity index (χ4n) is 1.27. The van der Waals surface area contributed by atoms with Gasteiger partial charge < -0.3 is 4.90 Å². The molecule has 1 aromatic carbocycles. The summed E-state index contributed by atoms with van der Waals surface area (Å²) in [6, 6.07) is 7.61. The predicted molar refractivity (Wildman–Crippen MR) is 74.5 cm³/mol. The first kappa shape index (κ1) is 13.0. The van der Waals surface area contributed by atoms with Crippen molar-refractivity contribution in [3.63, 3.8) is 0 Å². The number of hydrogen-bond donors (Lipinski definition) is 0. The molecule has 0 spiro atoms. The standard InChI is InChI=1S/C11H13BrINO/c1-8(12)7-14(2)11(15)9-3-5-10(13)6-4-9/h3-6,8H,7H2,1-2H3. The van der Waals surface area contributed by atoms with Crippen molar-refractivity contribution in [2.45, 2.75) is 11.8 Å². The van der Waals surface area contributed by atoms with Crippen molar-refractivity contribution in [2.75, 3.05) is 13.6 Å². The smallest absolute Gasteiger partial charge is 0.253 e. The Morgan fingerprint density at radius 3 is 2.47 bits per heavy atom. The molecule has 0 saturated heterocycles. The lowest BCUT2D eigenvalue weighted by Gasteiger charge is -2.18. The van der Waals surface area contributed by atoms with Crippen LogP contribution in [0.3, 0.4) is 0 Å². The van der Waals surface area contributed by atoms with Crippen LogP contribution in [0.15, 0.2) is 24.3 Å². The molecular weight excluding hydrogens is 369 g/mol. The minimum absolute atomic E-state index is 0.0673. The van der Waals surface area contributed by atoms with E-state index in [2.05, 4.69) is 38.5 Å². The van der Waals surface area contributed by atoms with Crippen molar-refractivity contribution in [3.8, 4) is 0 Å². The highest BCUT2D eigenvalue weighted by molar-refractivity contribution is 14.1. The van der Waals surface area contributed by atoms with Crippen molar-refractivity contribution in [1.82, 2.24) is 4.90 Å². The van der Waals surface area contributed by atoms with Gasteiger partial charge in [0.05, 0.1) is 0 Å². The number of carbonyl (C=O) groups is 1. The quantitative estimate of drug-likeness (QED) is 0.581. The van der Waals surface area contributed by atoms with Crippen LogP contribution < -0.4 is 0 Å². The minimum atomic E-state index is 0.0673. The molecule has 15 heavy (non-hydrogen) atoms. The zero-order valence-electron chi connectivity index (χ0n) is 8.71. The third kappa shape index (κ3) is 4.10. The molecule has 1 amide bonds. The number of carbonyl (C=O) groups excluding carboxylic acids is 1. The first-order valence-corrected chi connectivity index (χ1v) is 6.65. The first-order valence-electron chi connectivity index (χ1n) is 4.66. The summed E-state index contributed by atoms with van der Waals surface area (Å²) < 4.78 is 1.14. The lowest BCUT2D eigenvalue weighted by Crippen LogP contribution is -2.31. The van der Waals surface area contributed by atoms with E-state index in [4.69, 9.17) is 0 Å². The molecule has 0 bridgehead atoms. The van der Waals surface area contributed by atoms with Crippen LogP contribution in [0.4, 0.5) is 0 Å². The Kier molecular flexibility index (Phi) is 5.05. The summed E-state index contributed by atoms with van der Waals surface area (Å²) in [7, 11) is 1.82. The molecule has 0 aliphatic heterocycles. The Morgan fingerprint density at radius 1 is 1.47 bits per heavy atom. The number of amides is 1. The van der Waals surface area contributed by atoms with Gasteiger partial charge in [0.15, 0.2) is 0 Å². The molecule has 2 nitrogen and oxygen atoms in total. The second-order valence-corrected chi connectivity index (χ2v) is 6.28. The first-order chi connectivity index (χ1) is 7.00. The van der Waals surface area contributed by atoms with Crippen LogP contribution in [0.5, 0.6) is 0 Å². The molecule has 4 heteroatoms. The second kappa shape index (κ2) is 5.84. The molecule has 1 unspecified atom stereocenters. The monoisotopic (exact) mass is 381 g/mol. The van der Waals surface area contributed by atoms with Gasteiger partial charge in [-0.15, -0.1) is 0 Å². The van der Waals surface area contributed by atoms with Gasteiger partial charge in [-0.2, -0.15) is 0 Å². The predicted octanol–water partition coefficient (Wildman–Crippen LogP) is 3.15. The van der Waals surface area contributed by atoms with Gasteiger partial charge in [0.1, 0.15) is 0 Å². The molecule has 0 radical (unpaired) electrons. The maximum Gasteiger partial charge on any atom is 0.253 e. The molecule has 0 saturated carbocycles. The topological polar surface area (TPSA) is 20.3 Å². The van der Waals surface area contributed by atoms with Crippen LogP contribution in [0.2, 0.25) is 0 Å². The largest absolute Gasteiger partial charge is 0.341 e. The molecule has 1 aromatic rings. The van der Waals surface area contributed by atoms with E-state index in [1.807, 2.05) is 38.2 Å². The molecule has 0 aromatic heterocycles. The van der Waals surface area contributed by atoms with Crippen LogP contribution >= 0.6 is 38.5 Å². The summed E-state index contributed by atoms with van der Waals surface area (Å²) in [6.07, 6.45) is 0. The summed E-state index contributed by atoms with van der Waals surface area (Å²) in [4.78, 5) is 13.9. The number of benzene rings is 1. The Bertz CT molecular complexity index is 337. The number of halogens is 2. The van der Waals surface area contributed by atoms with Gasteiger partial charge in [0.2, 0.25) is 0 Å². The maximum atomic E-state index is 11.9. The summed E-state index contributed by atoms with van der Waals surface area (Å²) in [6.45, 7) is 2.74. The minimum Gasteiger partial charge on any atom is -0.341 e. The third-order valence-electron chi connectivity index (χ3n) is 1.96. The Balaban J connectivity index is 2.72. The molecule has 0 N–H and O–H groups in total. The fourth-order valence-corrected chi connectivity index (χ4v) is 2.07. The van der Waals surface area contributed by atoms with Crippen molar-refractivity contribution in [2.24, 2.45) is 0 Å². The molecule has 0 heterocycles. The summed E-state index contributed by atoms with van der Waals surface area (Å²) in [5.74, 6) is 0.0673.